The van der Waals surface area contributed by atoms with Gasteiger partial charge in [-0.1, -0.05) is 0 Å². The summed E-state index contributed by atoms with van der Waals surface area (Å²) in [5.41, 5.74) is -1.42. The number of carbonyl (C=O) groups excluding carboxylic acids is 2. The molecule has 0 unspecified atom stereocenters. The Hall–Kier alpha value is -4.40. The van der Waals surface area contributed by atoms with Gasteiger partial charge in [0.15, 0.2) is 0 Å². The molecule has 3 aromatic carbocycles. The second-order valence-corrected chi connectivity index (χ2v) is 6.50. The number of fused-ring (bicyclic) bond motifs is 2. The van der Waals surface area contributed by atoms with E-state index in [-0.39, 0.29) is 16.8 Å². The zero-order valence-electron chi connectivity index (χ0n) is 15.5. The highest BCUT2D eigenvalue weighted by Crippen LogP contribution is 2.43. The van der Waals surface area contributed by atoms with Crippen molar-refractivity contribution in [2.75, 3.05) is 12.4 Å². The smallest absolute Gasteiger partial charge is 0.281 e. The lowest BCUT2D eigenvalue weighted by Gasteiger charge is -2.22. The first-order chi connectivity index (χ1) is 14.3. The van der Waals surface area contributed by atoms with Crippen molar-refractivity contribution in [1.82, 2.24) is 0 Å². The molecule has 3 aromatic rings. The fourth-order valence-electron chi connectivity index (χ4n) is 3.43. The number of ether oxygens (including phenoxy) is 1. The molecule has 0 heterocycles. The van der Waals surface area contributed by atoms with Gasteiger partial charge in [0.2, 0.25) is 11.6 Å². The van der Waals surface area contributed by atoms with Crippen molar-refractivity contribution in [3.8, 4) is 17.2 Å². The number of benzene rings is 3. The Bertz CT molecular complexity index is 1230. The van der Waals surface area contributed by atoms with Crippen LogP contribution in [-0.2, 0) is 0 Å². The number of hydrogen-bond acceptors (Lipinski definition) is 8. The lowest BCUT2D eigenvalue weighted by molar-refractivity contribution is -0.385. The molecule has 0 amide bonds. The van der Waals surface area contributed by atoms with Crippen LogP contribution in [-0.4, -0.2) is 33.8 Å². The molecular formula is C21H14N2O7. The minimum Gasteiger partial charge on any atom is -0.507 e. The highest BCUT2D eigenvalue weighted by Gasteiger charge is 2.40. The van der Waals surface area contributed by atoms with Crippen LogP contribution in [0.2, 0.25) is 0 Å². The standard InChI is InChI=1S/C21H14N2O7/c1-30-11-4-2-10(3-5-11)22-12-6-8-14(24)18-16(12)20(26)19-15(25)9-7-13(23(28)29)17(19)21(18)27/h2-9,22,24-25H,1H3. The number of nitro groups is 1. The molecule has 0 saturated heterocycles. The third-order valence-electron chi connectivity index (χ3n) is 4.82. The largest absolute Gasteiger partial charge is 0.507 e. The summed E-state index contributed by atoms with van der Waals surface area (Å²) in [5, 5.41) is 34.8. The van der Waals surface area contributed by atoms with Gasteiger partial charge in [-0.2, -0.15) is 0 Å². The molecule has 9 nitrogen and oxygen atoms in total. The van der Waals surface area contributed by atoms with Crippen molar-refractivity contribution in [1.29, 1.82) is 0 Å². The summed E-state index contributed by atoms with van der Waals surface area (Å²) in [6.45, 7) is 0. The van der Waals surface area contributed by atoms with Crippen LogP contribution in [0.3, 0.4) is 0 Å². The Balaban J connectivity index is 1.91. The molecule has 4 rings (SSSR count). The molecule has 0 saturated carbocycles. The van der Waals surface area contributed by atoms with Gasteiger partial charge in [-0.25, -0.2) is 0 Å². The van der Waals surface area contributed by atoms with Crippen LogP contribution >= 0.6 is 0 Å². The summed E-state index contributed by atoms with van der Waals surface area (Å²) in [6.07, 6.45) is 0. The SMILES string of the molecule is COc1ccc(Nc2ccc(O)c3c2C(=O)c2c(O)ccc([N+](=O)[O-])c2C3=O)cc1. The van der Waals surface area contributed by atoms with E-state index in [4.69, 9.17) is 4.74 Å². The summed E-state index contributed by atoms with van der Waals surface area (Å²) in [4.78, 5) is 36.8. The highest BCUT2D eigenvalue weighted by molar-refractivity contribution is 6.33. The first-order valence-electron chi connectivity index (χ1n) is 8.70. The Morgan fingerprint density at radius 3 is 2.00 bits per heavy atom. The van der Waals surface area contributed by atoms with Gasteiger partial charge in [-0.3, -0.25) is 19.7 Å². The van der Waals surface area contributed by atoms with Crippen LogP contribution in [0.15, 0.2) is 48.5 Å². The zero-order chi connectivity index (χ0) is 21.6. The molecule has 0 fully saturated rings. The van der Waals surface area contributed by atoms with Gasteiger partial charge in [0.1, 0.15) is 22.8 Å². The topological polar surface area (TPSA) is 139 Å². The molecule has 1 aliphatic rings. The number of nitro benzene ring substituents is 1. The van der Waals surface area contributed by atoms with E-state index in [1.165, 1.54) is 19.2 Å². The fourth-order valence-corrected chi connectivity index (χ4v) is 3.43. The second-order valence-electron chi connectivity index (χ2n) is 6.50. The Morgan fingerprint density at radius 2 is 1.40 bits per heavy atom. The van der Waals surface area contributed by atoms with E-state index in [0.29, 0.717) is 11.4 Å². The first kappa shape index (κ1) is 18.9. The molecule has 0 bridgehead atoms. The van der Waals surface area contributed by atoms with E-state index in [9.17, 15) is 29.9 Å². The maximum Gasteiger partial charge on any atom is 0.281 e. The van der Waals surface area contributed by atoms with Gasteiger partial charge >= 0.3 is 0 Å². The Kier molecular flexibility index (Phi) is 4.35. The molecule has 0 spiro atoms. The van der Waals surface area contributed by atoms with E-state index < -0.39 is 44.8 Å². The molecule has 9 heteroatoms. The number of methoxy groups -OCH3 is 1. The van der Waals surface area contributed by atoms with Gasteiger partial charge < -0.3 is 20.3 Å². The average Bonchev–Trinajstić information content (AvgIpc) is 2.73. The van der Waals surface area contributed by atoms with E-state index in [1.54, 1.807) is 24.3 Å². The van der Waals surface area contributed by atoms with Gasteiger partial charge in [-0.05, 0) is 42.5 Å². The van der Waals surface area contributed by atoms with Crippen LogP contribution in [0.25, 0.3) is 0 Å². The van der Waals surface area contributed by atoms with E-state index >= 15 is 0 Å². The molecule has 150 valence electrons. The van der Waals surface area contributed by atoms with E-state index in [2.05, 4.69) is 5.32 Å². The number of ketones is 2. The van der Waals surface area contributed by atoms with Crippen molar-refractivity contribution in [3.63, 3.8) is 0 Å². The summed E-state index contributed by atoms with van der Waals surface area (Å²) in [6, 6.07) is 11.3. The van der Waals surface area contributed by atoms with Crippen LogP contribution in [0, 0.1) is 10.1 Å². The lowest BCUT2D eigenvalue weighted by atomic mass is 9.81. The van der Waals surface area contributed by atoms with Crippen LogP contribution in [0.1, 0.15) is 31.8 Å². The highest BCUT2D eigenvalue weighted by atomic mass is 16.6. The van der Waals surface area contributed by atoms with Crippen molar-refractivity contribution in [3.05, 3.63) is 80.9 Å². The first-order valence-corrected chi connectivity index (χ1v) is 8.70. The number of phenolic OH excluding ortho intramolecular Hbond substituents is 2. The lowest BCUT2D eigenvalue weighted by Crippen LogP contribution is -2.23. The summed E-state index contributed by atoms with van der Waals surface area (Å²) >= 11 is 0. The number of carbonyl (C=O) groups is 2. The normalized spacial score (nSPS) is 12.2. The summed E-state index contributed by atoms with van der Waals surface area (Å²) in [7, 11) is 1.52. The quantitative estimate of drug-likeness (QED) is 0.266. The third-order valence-corrected chi connectivity index (χ3v) is 4.82. The Morgan fingerprint density at radius 1 is 0.833 bits per heavy atom. The van der Waals surface area contributed by atoms with Crippen LogP contribution in [0.4, 0.5) is 17.1 Å². The fraction of sp³-hybridized carbons (Fsp3) is 0.0476. The molecule has 30 heavy (non-hydrogen) atoms. The number of aromatic hydroxyl groups is 2. The van der Waals surface area contributed by atoms with Gasteiger partial charge in [0.05, 0.1) is 34.4 Å². The molecule has 0 atom stereocenters. The molecular weight excluding hydrogens is 392 g/mol. The monoisotopic (exact) mass is 406 g/mol. The number of nitrogens with zero attached hydrogens (tertiary/aromatic N) is 1. The maximum absolute atomic E-state index is 13.2. The number of hydrogen-bond donors (Lipinski definition) is 3. The van der Waals surface area contributed by atoms with Crippen molar-refractivity contribution >= 4 is 28.6 Å². The van der Waals surface area contributed by atoms with Crippen molar-refractivity contribution in [2.45, 2.75) is 0 Å². The van der Waals surface area contributed by atoms with Gasteiger partial charge in [-0.15, -0.1) is 0 Å². The van der Waals surface area contributed by atoms with E-state index in [1.807, 2.05) is 0 Å². The summed E-state index contributed by atoms with van der Waals surface area (Å²) < 4.78 is 5.10. The molecule has 0 radical (unpaired) electrons. The number of anilines is 2. The minimum atomic E-state index is -0.918. The zero-order valence-corrected chi connectivity index (χ0v) is 15.5. The molecule has 0 aliphatic heterocycles. The third kappa shape index (κ3) is 2.80. The predicted octanol–water partition coefficient (Wildman–Crippen LogP) is 3.53. The predicted molar refractivity (Wildman–Crippen MR) is 106 cm³/mol. The van der Waals surface area contributed by atoms with Gasteiger partial charge in [0.25, 0.3) is 5.69 Å². The van der Waals surface area contributed by atoms with Crippen molar-refractivity contribution < 1.29 is 29.5 Å². The minimum absolute atomic E-state index is 0.181. The van der Waals surface area contributed by atoms with Crippen LogP contribution < -0.4 is 10.1 Å². The van der Waals surface area contributed by atoms with Gasteiger partial charge in [0, 0.05) is 11.8 Å². The molecule has 1 aliphatic carbocycles. The van der Waals surface area contributed by atoms with E-state index in [0.717, 1.165) is 12.1 Å². The van der Waals surface area contributed by atoms with Crippen molar-refractivity contribution in [2.24, 2.45) is 0 Å². The summed E-state index contributed by atoms with van der Waals surface area (Å²) in [5.74, 6) is -2.17. The Labute approximate surface area is 169 Å². The maximum atomic E-state index is 13.2. The molecule has 3 N–H and O–H groups in total. The average molecular weight is 406 g/mol. The number of nitrogens with one attached hydrogen (secondary N) is 1. The number of phenols is 2. The second kappa shape index (κ2) is 6.89. The number of rotatable bonds is 4. The van der Waals surface area contributed by atoms with Crippen LogP contribution in [0.5, 0.6) is 17.2 Å². The molecule has 0 aromatic heterocycles.